The number of nitrogens with one attached hydrogen (secondary N) is 1. The summed E-state index contributed by atoms with van der Waals surface area (Å²) in [7, 11) is 0. The number of likely N-dealkylation sites (tertiary alicyclic amines) is 1. The number of amides is 1. The summed E-state index contributed by atoms with van der Waals surface area (Å²) in [5.41, 5.74) is -0.449. The fourth-order valence-electron chi connectivity index (χ4n) is 2.06. The highest BCUT2D eigenvalue weighted by Crippen LogP contribution is 2.15. The molecule has 0 radical (unpaired) electrons. The van der Waals surface area contributed by atoms with Crippen LogP contribution in [0.15, 0.2) is 0 Å². The standard InChI is InChI=1S/C13H26N2O3/c1-10(9-16)14-11-6-5-7-15(8-11)12(17)18-13(2,3)4/h10-11,14,16H,5-9H2,1-4H3/t10-,11+/m0/s1. The minimum Gasteiger partial charge on any atom is -0.444 e. The number of aliphatic hydroxyl groups is 1. The zero-order valence-electron chi connectivity index (χ0n) is 11.9. The highest BCUT2D eigenvalue weighted by molar-refractivity contribution is 5.68. The van der Waals surface area contributed by atoms with Crippen LogP contribution in [-0.4, -0.2) is 53.5 Å². The van der Waals surface area contributed by atoms with E-state index in [0.29, 0.717) is 6.54 Å². The lowest BCUT2D eigenvalue weighted by Gasteiger charge is -2.35. The lowest BCUT2D eigenvalue weighted by molar-refractivity contribution is 0.0181. The molecular weight excluding hydrogens is 232 g/mol. The Bertz CT molecular complexity index is 276. The predicted molar refractivity (Wildman–Crippen MR) is 70.5 cm³/mol. The monoisotopic (exact) mass is 258 g/mol. The molecule has 1 aliphatic heterocycles. The van der Waals surface area contributed by atoms with Gasteiger partial charge < -0.3 is 20.1 Å². The molecule has 1 fully saturated rings. The first-order valence-corrected chi connectivity index (χ1v) is 6.66. The first-order chi connectivity index (χ1) is 8.31. The Morgan fingerprint density at radius 3 is 2.78 bits per heavy atom. The maximum absolute atomic E-state index is 11.9. The zero-order chi connectivity index (χ0) is 13.8. The number of piperidine rings is 1. The largest absolute Gasteiger partial charge is 0.444 e. The van der Waals surface area contributed by atoms with Crippen LogP contribution in [0.25, 0.3) is 0 Å². The van der Waals surface area contributed by atoms with Crippen molar-refractivity contribution in [3.8, 4) is 0 Å². The molecule has 1 amide bonds. The summed E-state index contributed by atoms with van der Waals surface area (Å²) in [6, 6.07) is 0.307. The molecule has 0 saturated carbocycles. The van der Waals surface area contributed by atoms with Gasteiger partial charge >= 0.3 is 6.09 Å². The van der Waals surface area contributed by atoms with E-state index in [4.69, 9.17) is 9.84 Å². The number of rotatable bonds is 3. The molecular formula is C13H26N2O3. The van der Waals surface area contributed by atoms with Gasteiger partial charge in [0.2, 0.25) is 0 Å². The van der Waals surface area contributed by atoms with Crippen LogP contribution in [0.4, 0.5) is 4.79 Å². The molecule has 5 heteroatoms. The number of nitrogens with zero attached hydrogens (tertiary/aromatic N) is 1. The summed E-state index contributed by atoms with van der Waals surface area (Å²) in [6.07, 6.45) is 1.75. The van der Waals surface area contributed by atoms with Crippen molar-refractivity contribution >= 4 is 6.09 Å². The Balaban J connectivity index is 2.45. The predicted octanol–water partition coefficient (Wildman–Crippen LogP) is 1.36. The molecule has 1 rings (SSSR count). The molecule has 18 heavy (non-hydrogen) atoms. The van der Waals surface area contributed by atoms with Gasteiger partial charge in [0.05, 0.1) is 6.61 Å². The average Bonchev–Trinajstić information content (AvgIpc) is 2.27. The third kappa shape index (κ3) is 5.23. The van der Waals surface area contributed by atoms with Crippen LogP contribution in [0.3, 0.4) is 0 Å². The second-order valence-corrected chi connectivity index (χ2v) is 6.02. The van der Waals surface area contributed by atoms with Gasteiger partial charge in [0.25, 0.3) is 0 Å². The maximum atomic E-state index is 11.9. The van der Waals surface area contributed by atoms with E-state index in [2.05, 4.69) is 5.32 Å². The molecule has 0 aromatic heterocycles. The molecule has 5 nitrogen and oxygen atoms in total. The molecule has 0 bridgehead atoms. The van der Waals surface area contributed by atoms with E-state index in [1.807, 2.05) is 27.7 Å². The Morgan fingerprint density at radius 1 is 1.56 bits per heavy atom. The van der Waals surface area contributed by atoms with Crippen LogP contribution in [0, 0.1) is 0 Å². The van der Waals surface area contributed by atoms with Crippen LogP contribution in [0.5, 0.6) is 0 Å². The van der Waals surface area contributed by atoms with Crippen molar-refractivity contribution in [1.82, 2.24) is 10.2 Å². The lowest BCUT2D eigenvalue weighted by atomic mass is 10.1. The van der Waals surface area contributed by atoms with E-state index in [9.17, 15) is 4.79 Å². The summed E-state index contributed by atoms with van der Waals surface area (Å²) in [5.74, 6) is 0. The number of hydrogen-bond acceptors (Lipinski definition) is 4. The van der Waals surface area contributed by atoms with Crippen molar-refractivity contribution in [3.05, 3.63) is 0 Å². The van der Waals surface area contributed by atoms with Gasteiger partial charge in [-0.1, -0.05) is 0 Å². The van der Waals surface area contributed by atoms with Gasteiger partial charge in [0, 0.05) is 25.2 Å². The Labute approximate surface area is 109 Å². The molecule has 0 aromatic rings. The number of carbonyl (C=O) groups is 1. The van der Waals surface area contributed by atoms with Crippen LogP contribution in [0.2, 0.25) is 0 Å². The van der Waals surface area contributed by atoms with Gasteiger partial charge in [-0.05, 0) is 40.5 Å². The van der Waals surface area contributed by atoms with Crippen LogP contribution in [-0.2, 0) is 4.74 Å². The molecule has 2 N–H and O–H groups in total. The number of hydrogen-bond donors (Lipinski definition) is 2. The fourth-order valence-corrected chi connectivity index (χ4v) is 2.06. The highest BCUT2D eigenvalue weighted by atomic mass is 16.6. The van der Waals surface area contributed by atoms with E-state index >= 15 is 0 Å². The molecule has 0 spiro atoms. The third-order valence-corrected chi connectivity index (χ3v) is 2.87. The molecule has 1 saturated heterocycles. The van der Waals surface area contributed by atoms with E-state index in [0.717, 1.165) is 19.4 Å². The van der Waals surface area contributed by atoms with E-state index in [1.54, 1.807) is 4.90 Å². The minimum atomic E-state index is -0.449. The molecule has 1 aliphatic rings. The Morgan fingerprint density at radius 2 is 2.22 bits per heavy atom. The molecule has 0 unspecified atom stereocenters. The van der Waals surface area contributed by atoms with Gasteiger partial charge in [-0.25, -0.2) is 4.79 Å². The summed E-state index contributed by atoms with van der Waals surface area (Å²) in [6.45, 7) is 9.07. The van der Waals surface area contributed by atoms with Crippen molar-refractivity contribution in [1.29, 1.82) is 0 Å². The summed E-state index contributed by atoms with van der Waals surface area (Å²) in [5, 5.41) is 12.3. The summed E-state index contributed by atoms with van der Waals surface area (Å²) < 4.78 is 5.37. The van der Waals surface area contributed by atoms with Gasteiger partial charge in [0.1, 0.15) is 5.60 Å². The van der Waals surface area contributed by atoms with E-state index in [1.165, 1.54) is 0 Å². The fraction of sp³-hybridized carbons (Fsp3) is 0.923. The van der Waals surface area contributed by atoms with Crippen LogP contribution < -0.4 is 5.32 Å². The van der Waals surface area contributed by atoms with Crippen LogP contribution >= 0.6 is 0 Å². The Hall–Kier alpha value is -0.810. The highest BCUT2D eigenvalue weighted by Gasteiger charge is 2.27. The average molecular weight is 258 g/mol. The number of aliphatic hydroxyl groups excluding tert-OH is 1. The van der Waals surface area contributed by atoms with E-state index in [-0.39, 0.29) is 24.8 Å². The zero-order valence-corrected chi connectivity index (χ0v) is 11.9. The minimum absolute atomic E-state index is 0.0635. The molecule has 106 valence electrons. The van der Waals surface area contributed by atoms with Crippen LogP contribution in [0.1, 0.15) is 40.5 Å². The first-order valence-electron chi connectivity index (χ1n) is 6.66. The Kier molecular flexibility index (Phi) is 5.41. The molecule has 1 heterocycles. The smallest absolute Gasteiger partial charge is 0.410 e. The van der Waals surface area contributed by atoms with Gasteiger partial charge in [-0.15, -0.1) is 0 Å². The third-order valence-electron chi connectivity index (χ3n) is 2.87. The SMILES string of the molecule is C[C@@H](CO)N[C@@H]1CCCN(C(=O)OC(C)(C)C)C1. The molecule has 0 aromatic carbocycles. The second kappa shape index (κ2) is 6.38. The van der Waals surface area contributed by atoms with Crippen molar-refractivity contribution in [2.75, 3.05) is 19.7 Å². The van der Waals surface area contributed by atoms with Crippen molar-refractivity contribution < 1.29 is 14.6 Å². The number of carbonyl (C=O) groups excluding carboxylic acids is 1. The second-order valence-electron chi connectivity index (χ2n) is 6.02. The van der Waals surface area contributed by atoms with Gasteiger partial charge in [-0.3, -0.25) is 0 Å². The molecule has 0 aliphatic carbocycles. The maximum Gasteiger partial charge on any atom is 0.410 e. The topological polar surface area (TPSA) is 61.8 Å². The van der Waals surface area contributed by atoms with E-state index < -0.39 is 5.60 Å². The van der Waals surface area contributed by atoms with Crippen molar-refractivity contribution in [2.45, 2.75) is 58.2 Å². The quantitative estimate of drug-likeness (QED) is 0.802. The summed E-state index contributed by atoms with van der Waals surface area (Å²) >= 11 is 0. The number of ether oxygens (including phenoxy) is 1. The van der Waals surface area contributed by atoms with Crippen molar-refractivity contribution in [3.63, 3.8) is 0 Å². The first kappa shape index (κ1) is 15.2. The van der Waals surface area contributed by atoms with Crippen molar-refractivity contribution in [2.24, 2.45) is 0 Å². The van der Waals surface area contributed by atoms with Gasteiger partial charge in [0.15, 0.2) is 0 Å². The summed E-state index contributed by atoms with van der Waals surface area (Å²) in [4.78, 5) is 13.7. The van der Waals surface area contributed by atoms with Gasteiger partial charge in [-0.2, -0.15) is 0 Å². The lowest BCUT2D eigenvalue weighted by Crippen LogP contribution is -2.51. The normalized spacial score (nSPS) is 22.7. The molecule has 2 atom stereocenters.